The van der Waals surface area contributed by atoms with Gasteiger partial charge in [0, 0.05) is 11.9 Å². The molecule has 18 heavy (non-hydrogen) atoms. The van der Waals surface area contributed by atoms with Gasteiger partial charge in [-0.1, -0.05) is 43.7 Å². The highest BCUT2D eigenvalue weighted by molar-refractivity contribution is 5.93. The lowest BCUT2D eigenvalue weighted by molar-refractivity contribution is 0.0600. The van der Waals surface area contributed by atoms with Crippen LogP contribution in [-0.2, 0) is 11.2 Å². The monoisotopic (exact) mass is 243 g/mol. The number of nitrogens with one attached hydrogen (secondary N) is 1. The lowest BCUT2D eigenvalue weighted by Gasteiger charge is -2.05. The van der Waals surface area contributed by atoms with Crippen LogP contribution in [0.15, 0.2) is 36.5 Å². The van der Waals surface area contributed by atoms with Crippen LogP contribution in [0.4, 0.5) is 0 Å². The van der Waals surface area contributed by atoms with Crippen LogP contribution in [-0.4, -0.2) is 18.1 Å². The summed E-state index contributed by atoms with van der Waals surface area (Å²) in [5, 5.41) is 0. The van der Waals surface area contributed by atoms with E-state index < -0.39 is 0 Å². The lowest BCUT2D eigenvalue weighted by Crippen LogP contribution is -2.03. The summed E-state index contributed by atoms with van der Waals surface area (Å²) in [7, 11) is 1.41. The Balaban J connectivity index is 2.48. The summed E-state index contributed by atoms with van der Waals surface area (Å²) in [6.07, 6.45) is 3.58. The Morgan fingerprint density at radius 3 is 2.61 bits per heavy atom. The van der Waals surface area contributed by atoms with Crippen LogP contribution in [0, 0.1) is 0 Å². The molecule has 1 aromatic carbocycles. The second-order valence-electron chi connectivity index (χ2n) is 4.16. The van der Waals surface area contributed by atoms with E-state index in [4.69, 9.17) is 4.74 Å². The van der Waals surface area contributed by atoms with Crippen molar-refractivity contribution in [2.24, 2.45) is 0 Å². The molecule has 0 unspecified atom stereocenters. The zero-order chi connectivity index (χ0) is 13.0. The number of esters is 1. The molecule has 0 aliphatic heterocycles. The molecule has 0 fully saturated rings. The molecular formula is C15H17NO2. The van der Waals surface area contributed by atoms with Gasteiger partial charge in [0.05, 0.1) is 12.7 Å². The highest BCUT2D eigenvalue weighted by Gasteiger charge is 2.17. The first-order valence-corrected chi connectivity index (χ1v) is 6.12. The van der Waals surface area contributed by atoms with Crippen molar-refractivity contribution >= 4 is 5.97 Å². The minimum Gasteiger partial charge on any atom is -0.465 e. The van der Waals surface area contributed by atoms with Gasteiger partial charge < -0.3 is 9.72 Å². The maximum Gasteiger partial charge on any atom is 0.339 e. The first-order chi connectivity index (χ1) is 8.77. The van der Waals surface area contributed by atoms with Crippen LogP contribution in [0.5, 0.6) is 0 Å². The molecule has 3 heteroatoms. The van der Waals surface area contributed by atoms with Crippen molar-refractivity contribution in [3.8, 4) is 11.3 Å². The minimum atomic E-state index is -0.281. The Hall–Kier alpha value is -2.03. The normalized spacial score (nSPS) is 10.3. The quantitative estimate of drug-likeness (QED) is 0.836. The third-order valence-electron chi connectivity index (χ3n) is 2.96. The van der Waals surface area contributed by atoms with E-state index >= 15 is 0 Å². The van der Waals surface area contributed by atoms with Gasteiger partial charge in [-0.15, -0.1) is 0 Å². The molecule has 94 valence electrons. The molecule has 0 aliphatic rings. The predicted molar refractivity (Wildman–Crippen MR) is 71.6 cm³/mol. The summed E-state index contributed by atoms with van der Waals surface area (Å²) in [6.45, 7) is 2.10. The molecule has 1 aromatic heterocycles. The third kappa shape index (κ3) is 2.30. The van der Waals surface area contributed by atoms with E-state index in [1.807, 2.05) is 30.3 Å². The topological polar surface area (TPSA) is 42.1 Å². The number of hydrogen-bond donors (Lipinski definition) is 1. The van der Waals surface area contributed by atoms with E-state index in [0.717, 1.165) is 29.7 Å². The van der Waals surface area contributed by atoms with Gasteiger partial charge in [-0.2, -0.15) is 0 Å². The fraction of sp³-hybridized carbons (Fsp3) is 0.267. The van der Waals surface area contributed by atoms with Crippen LogP contribution in [0.25, 0.3) is 11.3 Å². The first-order valence-electron chi connectivity index (χ1n) is 6.12. The van der Waals surface area contributed by atoms with E-state index in [-0.39, 0.29) is 5.97 Å². The summed E-state index contributed by atoms with van der Waals surface area (Å²) < 4.78 is 4.81. The number of ether oxygens (including phenoxy) is 1. The smallest absolute Gasteiger partial charge is 0.339 e. The second-order valence-corrected chi connectivity index (χ2v) is 4.16. The summed E-state index contributed by atoms with van der Waals surface area (Å²) in [5.41, 5.74) is 3.78. The molecule has 0 saturated heterocycles. The van der Waals surface area contributed by atoms with E-state index in [1.54, 1.807) is 6.20 Å². The standard InChI is InChI=1S/C15H17NO2/c1-3-7-12-13(15(17)18-2)10-16-14(12)11-8-5-4-6-9-11/h4-6,8-10,16H,3,7H2,1-2H3. The molecule has 0 aliphatic carbocycles. The van der Waals surface area contributed by atoms with E-state index in [9.17, 15) is 4.79 Å². The fourth-order valence-electron chi connectivity index (χ4n) is 2.12. The van der Waals surface area contributed by atoms with E-state index in [0.29, 0.717) is 5.56 Å². The molecule has 2 aromatic rings. The van der Waals surface area contributed by atoms with Gasteiger partial charge in [-0.3, -0.25) is 0 Å². The first kappa shape index (κ1) is 12.4. The average Bonchev–Trinajstić information content (AvgIpc) is 2.83. The predicted octanol–water partition coefficient (Wildman–Crippen LogP) is 3.42. The van der Waals surface area contributed by atoms with Crippen molar-refractivity contribution in [1.82, 2.24) is 4.98 Å². The Bertz CT molecular complexity index is 529. The molecule has 0 spiro atoms. The van der Waals surface area contributed by atoms with Crippen molar-refractivity contribution in [3.63, 3.8) is 0 Å². The zero-order valence-corrected chi connectivity index (χ0v) is 10.7. The van der Waals surface area contributed by atoms with Gasteiger partial charge in [0.15, 0.2) is 0 Å². The molecule has 0 saturated carbocycles. The van der Waals surface area contributed by atoms with Gasteiger partial charge in [0.1, 0.15) is 0 Å². The van der Waals surface area contributed by atoms with Crippen LogP contribution in [0.2, 0.25) is 0 Å². The summed E-state index contributed by atoms with van der Waals surface area (Å²) >= 11 is 0. The molecule has 0 bridgehead atoms. The number of rotatable bonds is 4. The van der Waals surface area contributed by atoms with E-state index in [1.165, 1.54) is 7.11 Å². The fourth-order valence-corrected chi connectivity index (χ4v) is 2.12. The number of benzene rings is 1. The SMILES string of the molecule is CCCc1c(C(=O)OC)c[nH]c1-c1ccccc1. The number of methoxy groups -OCH3 is 1. The van der Waals surface area contributed by atoms with Gasteiger partial charge >= 0.3 is 5.97 Å². The second kappa shape index (κ2) is 5.54. The molecule has 2 rings (SSSR count). The third-order valence-corrected chi connectivity index (χ3v) is 2.96. The number of aromatic amines is 1. The number of H-pyrrole nitrogens is 1. The molecule has 3 nitrogen and oxygen atoms in total. The Morgan fingerprint density at radius 2 is 2.00 bits per heavy atom. The maximum absolute atomic E-state index is 11.7. The summed E-state index contributed by atoms with van der Waals surface area (Å²) in [5.74, 6) is -0.281. The van der Waals surface area contributed by atoms with Crippen molar-refractivity contribution in [1.29, 1.82) is 0 Å². The largest absolute Gasteiger partial charge is 0.465 e. The molecular weight excluding hydrogens is 226 g/mol. The van der Waals surface area contributed by atoms with Gasteiger partial charge in [-0.05, 0) is 17.5 Å². The number of aromatic nitrogens is 1. The molecule has 1 N–H and O–H groups in total. The van der Waals surface area contributed by atoms with Crippen molar-refractivity contribution in [2.45, 2.75) is 19.8 Å². The summed E-state index contributed by atoms with van der Waals surface area (Å²) in [4.78, 5) is 14.9. The number of carbonyl (C=O) groups is 1. The van der Waals surface area contributed by atoms with Crippen LogP contribution in [0.1, 0.15) is 29.3 Å². The molecule has 0 radical (unpaired) electrons. The van der Waals surface area contributed by atoms with Gasteiger partial charge in [0.25, 0.3) is 0 Å². The Morgan fingerprint density at radius 1 is 1.28 bits per heavy atom. The van der Waals surface area contributed by atoms with Crippen molar-refractivity contribution in [3.05, 3.63) is 47.7 Å². The van der Waals surface area contributed by atoms with Crippen molar-refractivity contribution < 1.29 is 9.53 Å². The Kier molecular flexibility index (Phi) is 3.82. The molecule has 0 atom stereocenters. The zero-order valence-electron chi connectivity index (χ0n) is 10.7. The van der Waals surface area contributed by atoms with Crippen LogP contribution in [0.3, 0.4) is 0 Å². The summed E-state index contributed by atoms with van der Waals surface area (Å²) in [6, 6.07) is 10.0. The van der Waals surface area contributed by atoms with E-state index in [2.05, 4.69) is 11.9 Å². The highest BCUT2D eigenvalue weighted by Crippen LogP contribution is 2.26. The average molecular weight is 243 g/mol. The minimum absolute atomic E-state index is 0.281. The number of carbonyl (C=O) groups excluding carboxylic acids is 1. The number of hydrogen-bond acceptors (Lipinski definition) is 2. The lowest BCUT2D eigenvalue weighted by atomic mass is 10.0. The molecule has 0 amide bonds. The van der Waals surface area contributed by atoms with Crippen LogP contribution < -0.4 is 0 Å². The van der Waals surface area contributed by atoms with Crippen LogP contribution >= 0.6 is 0 Å². The maximum atomic E-state index is 11.7. The van der Waals surface area contributed by atoms with Gasteiger partial charge in [0.2, 0.25) is 0 Å². The molecule has 1 heterocycles. The highest BCUT2D eigenvalue weighted by atomic mass is 16.5. The van der Waals surface area contributed by atoms with Crippen molar-refractivity contribution in [2.75, 3.05) is 7.11 Å². The van der Waals surface area contributed by atoms with Gasteiger partial charge in [-0.25, -0.2) is 4.79 Å². The Labute approximate surface area is 107 Å².